The van der Waals surface area contributed by atoms with Crippen molar-refractivity contribution in [2.75, 3.05) is 44.3 Å². The van der Waals surface area contributed by atoms with Crippen molar-refractivity contribution in [2.45, 2.75) is 23.0 Å². The average molecular weight is 434 g/mol. The van der Waals surface area contributed by atoms with E-state index in [1.165, 1.54) is 6.33 Å². The van der Waals surface area contributed by atoms with Gasteiger partial charge in [-0.1, -0.05) is 11.9 Å². The van der Waals surface area contributed by atoms with Crippen LogP contribution in [0.15, 0.2) is 28.5 Å². The second kappa shape index (κ2) is 8.56. The zero-order valence-electron chi connectivity index (χ0n) is 16.5. The van der Waals surface area contributed by atoms with Crippen molar-refractivity contribution >= 4 is 46.4 Å². The highest BCUT2D eigenvalue weighted by molar-refractivity contribution is 7.99. The minimum Gasteiger partial charge on any atom is -0.454 e. The maximum absolute atomic E-state index is 6.07. The molecule has 9 nitrogen and oxygen atoms in total. The smallest absolute Gasteiger partial charge is 0.231 e. The number of ether oxygens (including phenoxy) is 2. The van der Waals surface area contributed by atoms with E-state index >= 15 is 0 Å². The van der Waals surface area contributed by atoms with Crippen molar-refractivity contribution in [1.82, 2.24) is 24.2 Å². The molecule has 1 aromatic carbocycles. The molecular weight excluding hydrogens is 410 g/mol. The summed E-state index contributed by atoms with van der Waals surface area (Å²) < 4.78 is 16.3. The average Bonchev–Trinajstić information content (AvgIpc) is 3.29. The number of anilines is 2. The highest BCUT2D eigenvalue weighted by atomic mass is 32.2. The number of hydrogen-bond donors (Lipinski definition) is 2. The van der Waals surface area contributed by atoms with Gasteiger partial charge in [0, 0.05) is 43.4 Å². The minimum atomic E-state index is 0.240. The molecule has 0 aliphatic carbocycles. The molecule has 0 bridgehead atoms. The second-order valence-electron chi connectivity index (χ2n) is 6.55. The number of fused-ring (bicyclic) bond motifs is 2. The summed E-state index contributed by atoms with van der Waals surface area (Å²) in [5.41, 5.74) is 8.47. The van der Waals surface area contributed by atoms with Gasteiger partial charge in [0.05, 0.1) is 5.69 Å². The van der Waals surface area contributed by atoms with Crippen molar-refractivity contribution in [3.63, 3.8) is 0 Å². The molecule has 3 heterocycles. The van der Waals surface area contributed by atoms with Crippen LogP contribution in [-0.4, -0.2) is 53.2 Å². The maximum Gasteiger partial charge on any atom is 0.231 e. The Morgan fingerprint density at radius 2 is 2.03 bits per heavy atom. The van der Waals surface area contributed by atoms with E-state index in [-0.39, 0.29) is 6.79 Å². The Hall–Kier alpha value is -2.37. The van der Waals surface area contributed by atoms with E-state index in [9.17, 15) is 0 Å². The summed E-state index contributed by atoms with van der Waals surface area (Å²) in [5, 5.41) is 0.823. The van der Waals surface area contributed by atoms with Crippen LogP contribution in [0.5, 0.6) is 11.5 Å². The number of rotatable bonds is 8. The summed E-state index contributed by atoms with van der Waals surface area (Å²) >= 11 is 3.25. The van der Waals surface area contributed by atoms with Gasteiger partial charge in [0.2, 0.25) is 6.79 Å². The Kier molecular flexibility index (Phi) is 5.88. The molecule has 0 fully saturated rings. The SMILES string of the molecule is CNSCCCn1c(Sc2cc3c(cc2N(C)C)OCO3)nc2c(N)ncnc21. The Morgan fingerprint density at radius 1 is 1.24 bits per heavy atom. The second-order valence-corrected chi connectivity index (χ2v) is 8.67. The first kappa shape index (κ1) is 19.9. The van der Waals surface area contributed by atoms with Gasteiger partial charge in [-0.3, -0.25) is 4.72 Å². The summed E-state index contributed by atoms with van der Waals surface area (Å²) in [7, 11) is 5.93. The van der Waals surface area contributed by atoms with Crippen LogP contribution >= 0.6 is 23.7 Å². The number of nitrogens with two attached hydrogens (primary N) is 1. The molecule has 2 aromatic heterocycles. The lowest BCUT2D eigenvalue weighted by Crippen LogP contribution is -2.10. The summed E-state index contributed by atoms with van der Waals surface area (Å²) in [6.07, 6.45) is 2.45. The molecule has 0 unspecified atom stereocenters. The van der Waals surface area contributed by atoms with E-state index in [4.69, 9.17) is 20.2 Å². The van der Waals surface area contributed by atoms with Gasteiger partial charge in [0.1, 0.15) is 6.33 Å². The van der Waals surface area contributed by atoms with E-state index in [0.717, 1.165) is 51.6 Å². The first-order chi connectivity index (χ1) is 14.1. The van der Waals surface area contributed by atoms with Gasteiger partial charge in [0.15, 0.2) is 33.6 Å². The number of benzene rings is 1. The van der Waals surface area contributed by atoms with Gasteiger partial charge in [-0.15, -0.1) is 0 Å². The fraction of sp³-hybridized carbons (Fsp3) is 0.389. The number of aromatic nitrogens is 4. The molecule has 0 saturated carbocycles. The van der Waals surface area contributed by atoms with Crippen LogP contribution in [0.25, 0.3) is 11.2 Å². The normalized spacial score (nSPS) is 12.7. The lowest BCUT2D eigenvalue weighted by Gasteiger charge is -2.18. The van der Waals surface area contributed by atoms with Gasteiger partial charge in [0.25, 0.3) is 0 Å². The number of nitrogens with one attached hydrogen (secondary N) is 1. The molecular formula is C18H23N7O2S2. The van der Waals surface area contributed by atoms with E-state index < -0.39 is 0 Å². The molecule has 0 radical (unpaired) electrons. The van der Waals surface area contributed by atoms with Crippen molar-refractivity contribution in [3.05, 3.63) is 18.5 Å². The molecule has 3 aromatic rings. The van der Waals surface area contributed by atoms with Gasteiger partial charge in [-0.25, -0.2) is 15.0 Å². The predicted molar refractivity (Wildman–Crippen MR) is 117 cm³/mol. The molecule has 1 aliphatic heterocycles. The molecule has 0 saturated heterocycles. The van der Waals surface area contributed by atoms with Gasteiger partial charge in [-0.05, 0) is 25.2 Å². The molecule has 4 rings (SSSR count). The zero-order valence-corrected chi connectivity index (χ0v) is 18.1. The van der Waals surface area contributed by atoms with Crippen LogP contribution in [0.2, 0.25) is 0 Å². The molecule has 3 N–H and O–H groups in total. The van der Waals surface area contributed by atoms with Crippen LogP contribution in [0.1, 0.15) is 6.42 Å². The monoisotopic (exact) mass is 433 g/mol. The van der Waals surface area contributed by atoms with Gasteiger partial charge in [-0.2, -0.15) is 0 Å². The largest absolute Gasteiger partial charge is 0.454 e. The predicted octanol–water partition coefficient (Wildman–Crippen LogP) is 2.61. The van der Waals surface area contributed by atoms with Gasteiger partial charge >= 0.3 is 0 Å². The number of aryl methyl sites for hydroxylation is 1. The van der Waals surface area contributed by atoms with Crippen molar-refractivity contribution in [1.29, 1.82) is 0 Å². The molecule has 0 atom stereocenters. The van der Waals surface area contributed by atoms with Crippen LogP contribution < -0.4 is 24.8 Å². The highest BCUT2D eigenvalue weighted by Crippen LogP contribution is 2.44. The minimum absolute atomic E-state index is 0.240. The summed E-state index contributed by atoms with van der Waals surface area (Å²) in [4.78, 5) is 16.4. The van der Waals surface area contributed by atoms with Crippen LogP contribution in [0, 0.1) is 0 Å². The standard InChI is InChI=1S/C18H23N7O2S2/c1-20-28-6-4-5-25-17-15(16(19)21-9-22-17)23-18(25)29-14-8-13-12(26-10-27-13)7-11(14)24(2)3/h7-9,20H,4-6,10H2,1-3H3,(H2,19,21,22). The number of nitrogen functional groups attached to an aromatic ring is 1. The highest BCUT2D eigenvalue weighted by Gasteiger charge is 2.22. The Labute approximate surface area is 177 Å². The van der Waals surface area contributed by atoms with Crippen LogP contribution in [0.3, 0.4) is 0 Å². The summed E-state index contributed by atoms with van der Waals surface area (Å²) in [6, 6.07) is 3.99. The topological polar surface area (TPSA) is 103 Å². The number of imidazole rings is 1. The van der Waals surface area contributed by atoms with E-state index in [1.54, 1.807) is 23.7 Å². The van der Waals surface area contributed by atoms with Gasteiger partial charge < -0.3 is 24.7 Å². The Morgan fingerprint density at radius 3 is 2.79 bits per heavy atom. The quantitative estimate of drug-likeness (QED) is 0.407. The van der Waals surface area contributed by atoms with E-state index in [1.807, 2.05) is 33.3 Å². The molecule has 1 aliphatic rings. The fourth-order valence-electron chi connectivity index (χ4n) is 3.05. The van der Waals surface area contributed by atoms with Crippen LogP contribution in [0.4, 0.5) is 11.5 Å². The molecule has 154 valence electrons. The lowest BCUT2D eigenvalue weighted by molar-refractivity contribution is 0.174. The first-order valence-corrected chi connectivity index (χ1v) is 10.9. The molecule has 11 heteroatoms. The Balaban J connectivity index is 1.73. The fourth-order valence-corrected chi connectivity index (χ4v) is 4.66. The maximum atomic E-state index is 6.07. The Bertz CT molecular complexity index is 1030. The van der Waals surface area contributed by atoms with Crippen LogP contribution in [-0.2, 0) is 6.54 Å². The number of nitrogens with zero attached hydrogens (tertiary/aromatic N) is 5. The number of hydrogen-bond acceptors (Lipinski definition) is 10. The van der Waals surface area contributed by atoms with Crippen molar-refractivity contribution in [2.24, 2.45) is 0 Å². The third-order valence-electron chi connectivity index (χ3n) is 4.43. The third-order valence-corrected chi connectivity index (χ3v) is 6.26. The van der Waals surface area contributed by atoms with Crippen molar-refractivity contribution in [3.8, 4) is 11.5 Å². The van der Waals surface area contributed by atoms with E-state index in [2.05, 4.69) is 24.2 Å². The third kappa shape index (κ3) is 4.02. The van der Waals surface area contributed by atoms with Crippen molar-refractivity contribution < 1.29 is 9.47 Å². The lowest BCUT2D eigenvalue weighted by atomic mass is 10.2. The van der Waals surface area contributed by atoms with E-state index in [0.29, 0.717) is 11.3 Å². The zero-order chi connectivity index (χ0) is 20.4. The summed E-state index contributed by atoms with van der Waals surface area (Å²) in [6.45, 7) is 1.02. The molecule has 29 heavy (non-hydrogen) atoms. The molecule has 0 spiro atoms. The molecule has 0 amide bonds. The summed E-state index contributed by atoms with van der Waals surface area (Å²) in [5.74, 6) is 2.86. The first-order valence-electron chi connectivity index (χ1n) is 9.12.